The van der Waals surface area contributed by atoms with Gasteiger partial charge in [-0.25, -0.2) is 14.5 Å². The van der Waals surface area contributed by atoms with Crippen LogP contribution in [0, 0.1) is 13.8 Å². The molecule has 0 unspecified atom stereocenters. The zero-order valence-corrected chi connectivity index (χ0v) is 24.5. The second-order valence-corrected chi connectivity index (χ2v) is 11.9. The fourth-order valence-corrected chi connectivity index (χ4v) is 6.42. The van der Waals surface area contributed by atoms with Crippen LogP contribution in [0.15, 0.2) is 48.7 Å². The van der Waals surface area contributed by atoms with Gasteiger partial charge in [0.2, 0.25) is 0 Å². The number of aromatic carboxylic acids is 1. The van der Waals surface area contributed by atoms with Gasteiger partial charge in [0.15, 0.2) is 11.5 Å². The molecule has 1 aromatic carbocycles. The minimum atomic E-state index is -4.97. The molecule has 0 amide bonds. The van der Waals surface area contributed by atoms with Crippen molar-refractivity contribution in [2.75, 3.05) is 19.6 Å². The molecular formula is C30H28F6N4O3S. The smallest absolute Gasteiger partial charge is 0.434 e. The molecule has 4 aromatic rings. The largest absolute Gasteiger partial charge is 0.489 e. The van der Waals surface area contributed by atoms with Crippen LogP contribution in [0.25, 0.3) is 16.4 Å². The molecule has 3 aromatic heterocycles. The first kappa shape index (κ1) is 31.5. The number of ether oxygens (including phenoxy) is 1. The summed E-state index contributed by atoms with van der Waals surface area (Å²) in [6.07, 6.45) is -7.25. The Morgan fingerprint density at radius 1 is 1.07 bits per heavy atom. The number of thiophene rings is 1. The highest BCUT2D eigenvalue weighted by Gasteiger charge is 2.41. The molecule has 0 saturated carbocycles. The number of carboxylic acids is 1. The van der Waals surface area contributed by atoms with Gasteiger partial charge in [-0.3, -0.25) is 4.90 Å². The van der Waals surface area contributed by atoms with E-state index >= 15 is 0 Å². The van der Waals surface area contributed by atoms with Gasteiger partial charge in [0, 0.05) is 10.4 Å². The molecule has 234 valence electrons. The molecule has 0 bridgehead atoms. The van der Waals surface area contributed by atoms with Crippen LogP contribution in [0.2, 0.25) is 0 Å². The molecule has 1 saturated heterocycles. The Hall–Kier alpha value is -3.91. The number of pyridine rings is 1. The molecule has 14 heteroatoms. The average Bonchev–Trinajstić information content (AvgIpc) is 3.56. The third-order valence-corrected chi connectivity index (χ3v) is 8.54. The van der Waals surface area contributed by atoms with E-state index in [4.69, 9.17) is 4.74 Å². The highest BCUT2D eigenvalue weighted by atomic mass is 32.1. The number of piperidine rings is 1. The van der Waals surface area contributed by atoms with Crippen molar-refractivity contribution in [1.29, 1.82) is 0 Å². The number of hydrogen-bond acceptors (Lipinski definition) is 6. The molecule has 7 nitrogen and oxygen atoms in total. The van der Waals surface area contributed by atoms with E-state index in [1.807, 2.05) is 38.1 Å². The van der Waals surface area contributed by atoms with Crippen molar-refractivity contribution >= 4 is 17.3 Å². The van der Waals surface area contributed by atoms with Crippen molar-refractivity contribution in [2.45, 2.75) is 51.6 Å². The fourth-order valence-electron chi connectivity index (χ4n) is 5.43. The second kappa shape index (κ2) is 12.2. The van der Waals surface area contributed by atoms with E-state index in [-0.39, 0.29) is 18.3 Å². The van der Waals surface area contributed by atoms with E-state index in [1.165, 1.54) is 28.4 Å². The minimum absolute atomic E-state index is 0.153. The molecule has 0 spiro atoms. The number of halogens is 6. The minimum Gasteiger partial charge on any atom is -0.489 e. The number of carboxylic acid groups (broad SMARTS) is 1. The van der Waals surface area contributed by atoms with Crippen LogP contribution < -0.4 is 4.74 Å². The van der Waals surface area contributed by atoms with Crippen LogP contribution in [0.3, 0.4) is 0 Å². The summed E-state index contributed by atoms with van der Waals surface area (Å²) >= 11 is 1.39. The van der Waals surface area contributed by atoms with Crippen LogP contribution in [-0.4, -0.2) is 56.6 Å². The monoisotopic (exact) mass is 638 g/mol. The molecule has 4 heterocycles. The third-order valence-electron chi connectivity index (χ3n) is 7.43. The molecule has 1 fully saturated rings. The molecule has 1 N–H and O–H groups in total. The van der Waals surface area contributed by atoms with Crippen molar-refractivity contribution < 1.29 is 41.0 Å². The zero-order valence-electron chi connectivity index (χ0n) is 23.7. The number of aromatic nitrogens is 3. The first-order valence-corrected chi connectivity index (χ1v) is 14.5. The number of likely N-dealkylation sites (tertiary alicyclic amines) is 1. The first-order valence-electron chi connectivity index (χ1n) is 13.7. The van der Waals surface area contributed by atoms with Crippen LogP contribution in [-0.2, 0) is 12.8 Å². The molecule has 1 aliphatic heterocycles. The van der Waals surface area contributed by atoms with Crippen molar-refractivity contribution in [1.82, 2.24) is 19.7 Å². The lowest BCUT2D eigenvalue weighted by atomic mass is 9.88. The number of aryl methyl sites for hydroxylation is 2. The van der Waals surface area contributed by atoms with Gasteiger partial charge in [-0.05, 0) is 81.1 Å². The van der Waals surface area contributed by atoms with E-state index in [1.54, 1.807) is 6.07 Å². The molecule has 0 aliphatic carbocycles. The van der Waals surface area contributed by atoms with E-state index in [9.17, 15) is 36.2 Å². The highest BCUT2D eigenvalue weighted by Crippen LogP contribution is 2.37. The standard InChI is InChI=1S/C30H28F6N4O3S/c1-17-12-20(19-8-10-39(11-9-19)16-29(31,32)33)6-7-24(17)43-15-21-13-18(2)44-26(21)23-4-3-5-25(38-23)40-27(30(34,35)36)22(14-37-40)28(41)42/h3-7,12-14,19H,8-11,15-16H2,1-2H3,(H,41,42). The Balaban J connectivity index is 1.32. The zero-order chi connectivity index (χ0) is 31.8. The number of alkyl halides is 6. The second-order valence-electron chi connectivity index (χ2n) is 10.7. The van der Waals surface area contributed by atoms with Crippen molar-refractivity contribution in [3.8, 4) is 22.1 Å². The molecule has 44 heavy (non-hydrogen) atoms. The first-order chi connectivity index (χ1) is 20.7. The molecule has 0 radical (unpaired) electrons. The van der Waals surface area contributed by atoms with Crippen molar-refractivity contribution in [2.24, 2.45) is 0 Å². The molecule has 5 rings (SSSR count). The maximum absolute atomic E-state index is 13.8. The highest BCUT2D eigenvalue weighted by molar-refractivity contribution is 7.15. The predicted octanol–water partition coefficient (Wildman–Crippen LogP) is 7.65. The van der Waals surface area contributed by atoms with Crippen molar-refractivity contribution in [3.63, 3.8) is 0 Å². The quantitative estimate of drug-likeness (QED) is 0.200. The van der Waals surface area contributed by atoms with Gasteiger partial charge in [0.25, 0.3) is 0 Å². The number of benzene rings is 1. The summed E-state index contributed by atoms with van der Waals surface area (Å²) in [6.45, 7) is 3.82. The normalized spacial score (nSPS) is 15.1. The van der Waals surface area contributed by atoms with Gasteiger partial charge in [-0.2, -0.15) is 31.4 Å². The summed E-state index contributed by atoms with van der Waals surface area (Å²) in [5, 5.41) is 12.9. The van der Waals surface area contributed by atoms with Gasteiger partial charge < -0.3 is 9.84 Å². The Kier molecular flexibility index (Phi) is 8.76. The SMILES string of the molecule is Cc1cc(COc2ccc(C3CCN(CC(F)(F)F)CC3)cc2C)c(-c2cccc(-n3ncc(C(=O)O)c3C(F)(F)F)n2)s1. The van der Waals surface area contributed by atoms with Crippen molar-refractivity contribution in [3.05, 3.63) is 81.5 Å². The Morgan fingerprint density at radius 2 is 1.80 bits per heavy atom. The van der Waals surface area contributed by atoms with E-state index in [2.05, 4.69) is 10.1 Å². The summed E-state index contributed by atoms with van der Waals surface area (Å²) < 4.78 is 86.1. The molecular weight excluding hydrogens is 610 g/mol. The third kappa shape index (κ3) is 7.07. The van der Waals surface area contributed by atoms with Gasteiger partial charge in [0.1, 0.15) is 17.9 Å². The topological polar surface area (TPSA) is 80.5 Å². The van der Waals surface area contributed by atoms with Crippen LogP contribution >= 0.6 is 11.3 Å². The summed E-state index contributed by atoms with van der Waals surface area (Å²) in [6, 6.07) is 12.2. The predicted molar refractivity (Wildman–Crippen MR) is 151 cm³/mol. The Bertz CT molecular complexity index is 1660. The number of carbonyl (C=O) groups is 1. The average molecular weight is 639 g/mol. The fraction of sp³-hybridized carbons (Fsp3) is 0.367. The van der Waals surface area contributed by atoms with E-state index in [0.717, 1.165) is 21.6 Å². The van der Waals surface area contributed by atoms with E-state index in [0.29, 0.717) is 53.1 Å². The van der Waals surface area contributed by atoms with Gasteiger partial charge in [0.05, 0.1) is 23.3 Å². The van der Waals surface area contributed by atoms with E-state index < -0.39 is 36.1 Å². The lowest BCUT2D eigenvalue weighted by molar-refractivity contribution is -0.148. The summed E-state index contributed by atoms with van der Waals surface area (Å²) in [5.41, 5.74) is 0.674. The molecule has 0 atom stereocenters. The lowest BCUT2D eigenvalue weighted by Crippen LogP contribution is -2.39. The van der Waals surface area contributed by atoms with Crippen LogP contribution in [0.1, 0.15) is 56.4 Å². The number of hydrogen-bond donors (Lipinski definition) is 1. The van der Waals surface area contributed by atoms with Gasteiger partial charge in [-0.15, -0.1) is 11.3 Å². The Labute approximate surface area is 252 Å². The summed E-state index contributed by atoms with van der Waals surface area (Å²) in [4.78, 5) is 18.8. The van der Waals surface area contributed by atoms with Crippen LogP contribution in [0.4, 0.5) is 26.3 Å². The van der Waals surface area contributed by atoms with Gasteiger partial charge in [-0.1, -0.05) is 18.2 Å². The maximum atomic E-state index is 13.8. The maximum Gasteiger partial charge on any atom is 0.434 e. The summed E-state index contributed by atoms with van der Waals surface area (Å²) in [7, 11) is 0. The summed E-state index contributed by atoms with van der Waals surface area (Å²) in [5.74, 6) is -1.14. The number of nitrogens with zero attached hydrogens (tertiary/aromatic N) is 4. The number of rotatable bonds is 8. The lowest BCUT2D eigenvalue weighted by Gasteiger charge is -2.32. The molecule has 1 aliphatic rings. The Morgan fingerprint density at radius 3 is 2.43 bits per heavy atom. The van der Waals surface area contributed by atoms with Crippen LogP contribution in [0.5, 0.6) is 5.75 Å². The van der Waals surface area contributed by atoms with Gasteiger partial charge >= 0.3 is 18.3 Å².